The molecule has 1 saturated carbocycles. The Kier molecular flexibility index (Phi) is 5.93. The van der Waals surface area contributed by atoms with Gasteiger partial charge in [0.2, 0.25) is 0 Å². The number of benzene rings is 2. The second kappa shape index (κ2) is 8.97. The number of halogens is 1. The van der Waals surface area contributed by atoms with Gasteiger partial charge >= 0.3 is 0 Å². The Balaban J connectivity index is 1.14. The van der Waals surface area contributed by atoms with Gasteiger partial charge in [-0.3, -0.25) is 0 Å². The van der Waals surface area contributed by atoms with Crippen molar-refractivity contribution in [3.63, 3.8) is 0 Å². The van der Waals surface area contributed by atoms with Gasteiger partial charge in [-0.05, 0) is 74.4 Å². The Labute approximate surface area is 184 Å². The third-order valence-corrected chi connectivity index (χ3v) is 7.03. The molecule has 0 N–H and O–H groups in total. The molecule has 2 aromatic carbocycles. The van der Waals surface area contributed by atoms with Crippen molar-refractivity contribution in [2.75, 3.05) is 42.6 Å². The van der Waals surface area contributed by atoms with Crippen LogP contribution >= 0.6 is 0 Å². The van der Waals surface area contributed by atoms with Gasteiger partial charge in [-0.25, -0.2) is 4.39 Å². The van der Waals surface area contributed by atoms with Crippen LogP contribution in [-0.4, -0.2) is 38.9 Å². The molecule has 1 unspecified atom stereocenters. The summed E-state index contributed by atoms with van der Waals surface area (Å²) in [7, 11) is 0. The summed E-state index contributed by atoms with van der Waals surface area (Å²) in [6, 6.07) is 13.6. The molecule has 3 fully saturated rings. The van der Waals surface area contributed by atoms with Gasteiger partial charge < -0.3 is 19.3 Å². The maximum atomic E-state index is 14.3. The van der Waals surface area contributed by atoms with Crippen molar-refractivity contribution in [3.8, 4) is 11.5 Å². The fraction of sp³-hybridized carbons (Fsp3) is 0.538. The second-order valence-corrected chi connectivity index (χ2v) is 9.18. The lowest BCUT2D eigenvalue weighted by atomic mass is 10.0. The number of piperidine rings is 1. The molecule has 0 amide bonds. The predicted octanol–water partition coefficient (Wildman–Crippen LogP) is 5.51. The summed E-state index contributed by atoms with van der Waals surface area (Å²) in [5.41, 5.74) is 1.94. The van der Waals surface area contributed by atoms with Crippen LogP contribution in [0, 0.1) is 17.7 Å². The van der Waals surface area contributed by atoms with Crippen molar-refractivity contribution < 1.29 is 13.9 Å². The van der Waals surface area contributed by atoms with Crippen LogP contribution < -0.4 is 19.3 Å². The third-order valence-electron chi connectivity index (χ3n) is 7.03. The monoisotopic (exact) mass is 424 g/mol. The van der Waals surface area contributed by atoms with E-state index >= 15 is 0 Å². The highest BCUT2D eigenvalue weighted by Crippen LogP contribution is 2.42. The second-order valence-electron chi connectivity index (χ2n) is 9.18. The molecule has 0 spiro atoms. The molecule has 2 heterocycles. The number of rotatable bonds is 7. The average molecular weight is 425 g/mol. The van der Waals surface area contributed by atoms with Gasteiger partial charge in [-0.15, -0.1) is 0 Å². The number of hydrogen-bond donors (Lipinski definition) is 0. The zero-order chi connectivity index (χ0) is 21.2. The summed E-state index contributed by atoms with van der Waals surface area (Å²) in [4.78, 5) is 4.63. The lowest BCUT2D eigenvalue weighted by Crippen LogP contribution is -2.38. The van der Waals surface area contributed by atoms with Gasteiger partial charge in [-0.1, -0.05) is 0 Å². The Morgan fingerprint density at radius 2 is 1.55 bits per heavy atom. The van der Waals surface area contributed by atoms with E-state index in [0.29, 0.717) is 12.3 Å². The highest BCUT2D eigenvalue weighted by Gasteiger charge is 2.35. The molecule has 0 aromatic heterocycles. The topological polar surface area (TPSA) is 24.9 Å². The molecule has 1 aliphatic carbocycles. The molecule has 5 heteroatoms. The normalized spacial score (nSPS) is 22.1. The van der Waals surface area contributed by atoms with Gasteiger partial charge in [-0.2, -0.15) is 0 Å². The van der Waals surface area contributed by atoms with Crippen LogP contribution in [0.2, 0.25) is 0 Å². The summed E-state index contributed by atoms with van der Waals surface area (Å²) in [5.74, 6) is 3.36. The fourth-order valence-electron chi connectivity index (χ4n) is 5.11. The van der Waals surface area contributed by atoms with Crippen LogP contribution in [0.15, 0.2) is 42.5 Å². The van der Waals surface area contributed by atoms with Gasteiger partial charge in [0.25, 0.3) is 0 Å². The van der Waals surface area contributed by atoms with E-state index in [1.807, 2.05) is 13.0 Å². The minimum atomic E-state index is -0.191. The first-order valence-corrected chi connectivity index (χ1v) is 11.9. The molecule has 166 valence electrons. The van der Waals surface area contributed by atoms with Gasteiger partial charge in [0.05, 0.1) is 12.3 Å². The quantitative estimate of drug-likeness (QED) is 0.585. The molecule has 4 nitrogen and oxygen atoms in total. The van der Waals surface area contributed by atoms with Crippen LogP contribution in [0.3, 0.4) is 0 Å². The van der Waals surface area contributed by atoms with E-state index in [4.69, 9.17) is 9.47 Å². The van der Waals surface area contributed by atoms with Crippen LogP contribution in [0.4, 0.5) is 15.8 Å². The van der Waals surface area contributed by atoms with E-state index in [1.165, 1.54) is 44.1 Å². The maximum Gasteiger partial charge on any atom is 0.146 e. The van der Waals surface area contributed by atoms with E-state index in [0.717, 1.165) is 49.3 Å². The van der Waals surface area contributed by atoms with E-state index in [9.17, 15) is 4.39 Å². The third kappa shape index (κ3) is 4.76. The minimum Gasteiger partial charge on any atom is -0.494 e. The molecule has 0 radical (unpaired) electrons. The summed E-state index contributed by atoms with van der Waals surface area (Å²) in [5, 5.41) is 0. The molecule has 2 saturated heterocycles. The van der Waals surface area contributed by atoms with Gasteiger partial charge in [0, 0.05) is 50.8 Å². The molecule has 1 atom stereocenters. The average Bonchev–Trinajstić information content (AvgIpc) is 3.53. The zero-order valence-corrected chi connectivity index (χ0v) is 18.4. The summed E-state index contributed by atoms with van der Waals surface area (Å²) >= 11 is 0. The van der Waals surface area contributed by atoms with Crippen LogP contribution in [0.1, 0.15) is 39.0 Å². The minimum absolute atomic E-state index is 0.172. The van der Waals surface area contributed by atoms with E-state index in [2.05, 4.69) is 34.1 Å². The largest absolute Gasteiger partial charge is 0.494 e. The smallest absolute Gasteiger partial charge is 0.146 e. The SMILES string of the molecule is CCOc1ccc(F)c(N2CCC(Oc3ccc(N4CCC(C5CC5)C4)cc3)CC2)c1. The van der Waals surface area contributed by atoms with E-state index in [-0.39, 0.29) is 11.9 Å². The molecular weight excluding hydrogens is 391 g/mol. The molecule has 31 heavy (non-hydrogen) atoms. The number of hydrogen-bond acceptors (Lipinski definition) is 4. The Hall–Kier alpha value is -2.43. The molecule has 0 bridgehead atoms. The summed E-state index contributed by atoms with van der Waals surface area (Å²) in [6.45, 7) is 6.48. The van der Waals surface area contributed by atoms with Gasteiger partial charge in [0.15, 0.2) is 0 Å². The molecular formula is C26H33FN2O2. The molecule has 5 rings (SSSR count). The van der Waals surface area contributed by atoms with Crippen LogP contribution in [0.25, 0.3) is 0 Å². The zero-order valence-electron chi connectivity index (χ0n) is 18.4. The highest BCUT2D eigenvalue weighted by molar-refractivity contribution is 5.53. The van der Waals surface area contributed by atoms with Crippen LogP contribution in [-0.2, 0) is 0 Å². The lowest BCUT2D eigenvalue weighted by Gasteiger charge is -2.34. The van der Waals surface area contributed by atoms with Crippen molar-refractivity contribution >= 4 is 11.4 Å². The van der Waals surface area contributed by atoms with Crippen molar-refractivity contribution in [3.05, 3.63) is 48.3 Å². The summed E-state index contributed by atoms with van der Waals surface area (Å²) < 4.78 is 26.1. The molecule has 2 aliphatic heterocycles. The van der Waals surface area contributed by atoms with E-state index in [1.54, 1.807) is 6.07 Å². The first-order valence-electron chi connectivity index (χ1n) is 11.9. The number of anilines is 2. The number of ether oxygens (including phenoxy) is 2. The van der Waals surface area contributed by atoms with Crippen molar-refractivity contribution in [2.45, 2.75) is 45.1 Å². The van der Waals surface area contributed by atoms with Crippen molar-refractivity contribution in [1.29, 1.82) is 0 Å². The predicted molar refractivity (Wildman–Crippen MR) is 123 cm³/mol. The van der Waals surface area contributed by atoms with Gasteiger partial charge in [0.1, 0.15) is 23.4 Å². The molecule has 3 aliphatic rings. The van der Waals surface area contributed by atoms with Crippen molar-refractivity contribution in [2.24, 2.45) is 11.8 Å². The standard InChI is InChI=1S/C26H33FN2O2/c1-2-30-24-9-10-25(27)26(17-24)28-15-12-23(13-16-28)31-22-7-5-21(6-8-22)29-14-11-20(18-29)19-3-4-19/h5-10,17,19-20,23H,2-4,11-16,18H2,1H3. The fourth-order valence-corrected chi connectivity index (χ4v) is 5.11. The first-order chi connectivity index (χ1) is 15.2. The first kappa shape index (κ1) is 20.5. The summed E-state index contributed by atoms with van der Waals surface area (Å²) in [6.07, 6.45) is 6.16. The highest BCUT2D eigenvalue weighted by atomic mass is 19.1. The number of nitrogens with zero attached hydrogens (tertiary/aromatic N) is 2. The van der Waals surface area contributed by atoms with Crippen molar-refractivity contribution in [1.82, 2.24) is 0 Å². The Bertz CT molecular complexity index is 875. The maximum absolute atomic E-state index is 14.3. The van der Waals surface area contributed by atoms with Crippen LogP contribution in [0.5, 0.6) is 11.5 Å². The Morgan fingerprint density at radius 1 is 0.839 bits per heavy atom. The molecule has 2 aromatic rings. The lowest BCUT2D eigenvalue weighted by molar-refractivity contribution is 0.170. The Morgan fingerprint density at radius 3 is 2.26 bits per heavy atom. The van der Waals surface area contributed by atoms with E-state index < -0.39 is 0 Å².